The number of nitrogens with one attached hydrogen (secondary N) is 1. The van der Waals surface area contributed by atoms with E-state index in [0.717, 1.165) is 49.1 Å². The maximum Gasteiger partial charge on any atom is 0.263 e. The van der Waals surface area contributed by atoms with E-state index in [0.29, 0.717) is 24.6 Å². The van der Waals surface area contributed by atoms with E-state index in [1.54, 1.807) is 0 Å². The van der Waals surface area contributed by atoms with E-state index in [1.807, 2.05) is 13.8 Å². The zero-order valence-corrected chi connectivity index (χ0v) is 17.9. The minimum Gasteiger partial charge on any atom is -0.355 e. The summed E-state index contributed by atoms with van der Waals surface area (Å²) in [4.78, 5) is 24.1. The van der Waals surface area contributed by atoms with E-state index < -0.39 is 0 Å². The summed E-state index contributed by atoms with van der Waals surface area (Å²) in [6.45, 7) is 8.15. The normalized spacial score (nSPS) is 16.8. The molecule has 1 aliphatic heterocycles. The number of hydrogen-bond donors (Lipinski definition) is 1. The van der Waals surface area contributed by atoms with Gasteiger partial charge in [0, 0.05) is 19.6 Å². The Kier molecular flexibility index (Phi) is 5.97. The molecule has 0 radical (unpaired) electrons. The van der Waals surface area contributed by atoms with E-state index in [9.17, 15) is 4.79 Å². The number of carbonyl (C=O) groups excluding carboxylic acids is 1. The Balaban J connectivity index is 1.43. The van der Waals surface area contributed by atoms with Gasteiger partial charge in [0.05, 0.1) is 11.6 Å². The molecule has 7 nitrogen and oxygen atoms in total. The molecule has 2 aromatic heterocycles. The Morgan fingerprint density at radius 3 is 2.80 bits per heavy atom. The fourth-order valence-corrected chi connectivity index (χ4v) is 4.08. The molecule has 4 rings (SSSR count). The first-order valence-electron chi connectivity index (χ1n) is 10.8. The highest BCUT2D eigenvalue weighted by Crippen LogP contribution is 2.30. The first-order valence-corrected chi connectivity index (χ1v) is 10.8. The highest BCUT2D eigenvalue weighted by atomic mass is 16.5. The van der Waals surface area contributed by atoms with Crippen molar-refractivity contribution in [3.05, 3.63) is 46.9 Å². The van der Waals surface area contributed by atoms with Gasteiger partial charge in [-0.1, -0.05) is 41.9 Å². The number of fused-ring (bicyclic) bond motifs is 1. The lowest BCUT2D eigenvalue weighted by molar-refractivity contribution is -0.125. The molecule has 0 spiro atoms. The van der Waals surface area contributed by atoms with Gasteiger partial charge in [0.2, 0.25) is 5.91 Å². The van der Waals surface area contributed by atoms with Gasteiger partial charge in [-0.2, -0.15) is 4.98 Å². The van der Waals surface area contributed by atoms with Crippen molar-refractivity contribution in [1.29, 1.82) is 0 Å². The molecule has 1 aliphatic rings. The SMILES string of the molecule is CCc1noc2nc(C)nc(N3CCC[C@H](C(=O)NCCc4ccc(C)cc4)C3)c12. The predicted molar refractivity (Wildman–Crippen MR) is 117 cm³/mol. The van der Waals surface area contributed by atoms with Crippen LogP contribution in [0, 0.1) is 19.8 Å². The van der Waals surface area contributed by atoms with E-state index in [-0.39, 0.29) is 11.8 Å². The van der Waals surface area contributed by atoms with E-state index in [2.05, 4.69) is 51.5 Å². The predicted octanol–water partition coefficient (Wildman–Crippen LogP) is 3.37. The molecule has 1 N–H and O–H groups in total. The molecule has 0 unspecified atom stereocenters. The average Bonchev–Trinajstić information content (AvgIpc) is 3.17. The van der Waals surface area contributed by atoms with Crippen molar-refractivity contribution in [2.45, 2.75) is 46.5 Å². The van der Waals surface area contributed by atoms with Crippen LogP contribution in [0.15, 0.2) is 28.8 Å². The van der Waals surface area contributed by atoms with Gasteiger partial charge in [-0.05, 0) is 45.1 Å². The van der Waals surface area contributed by atoms with Crippen LogP contribution in [0.25, 0.3) is 11.1 Å². The van der Waals surface area contributed by atoms with Crippen LogP contribution in [0.3, 0.4) is 0 Å². The van der Waals surface area contributed by atoms with E-state index >= 15 is 0 Å². The summed E-state index contributed by atoms with van der Waals surface area (Å²) in [7, 11) is 0. The van der Waals surface area contributed by atoms with Crippen LogP contribution in [-0.4, -0.2) is 40.7 Å². The van der Waals surface area contributed by atoms with E-state index in [1.165, 1.54) is 11.1 Å². The lowest BCUT2D eigenvalue weighted by Crippen LogP contribution is -2.44. The molecule has 3 heterocycles. The molecule has 158 valence electrons. The number of anilines is 1. The second-order valence-corrected chi connectivity index (χ2v) is 8.07. The topological polar surface area (TPSA) is 84.2 Å². The number of carbonyl (C=O) groups is 1. The quantitative estimate of drug-likeness (QED) is 0.674. The first kappa shape index (κ1) is 20.3. The van der Waals surface area contributed by atoms with Crippen molar-refractivity contribution >= 4 is 22.8 Å². The molecule has 1 atom stereocenters. The molecule has 30 heavy (non-hydrogen) atoms. The fraction of sp³-hybridized carbons (Fsp3) is 0.478. The number of aromatic nitrogens is 3. The average molecular weight is 408 g/mol. The van der Waals surface area contributed by atoms with Crippen LogP contribution in [0.1, 0.15) is 42.4 Å². The molecule has 1 amide bonds. The Labute approximate surface area is 176 Å². The zero-order valence-electron chi connectivity index (χ0n) is 17.9. The number of aryl methyl sites for hydroxylation is 3. The highest BCUT2D eigenvalue weighted by molar-refractivity contribution is 5.89. The molecule has 0 bridgehead atoms. The summed E-state index contributed by atoms with van der Waals surface area (Å²) < 4.78 is 5.42. The largest absolute Gasteiger partial charge is 0.355 e. The van der Waals surface area contributed by atoms with Crippen molar-refractivity contribution in [3.63, 3.8) is 0 Å². The van der Waals surface area contributed by atoms with Gasteiger partial charge in [0.1, 0.15) is 17.0 Å². The summed E-state index contributed by atoms with van der Waals surface area (Å²) in [5.41, 5.74) is 3.88. The van der Waals surface area contributed by atoms with E-state index in [4.69, 9.17) is 9.51 Å². The standard InChI is InChI=1S/C23H29N5O2/c1-4-19-20-21(25-16(3)26-23(20)30-27-19)28-13-5-6-18(14-28)22(29)24-12-11-17-9-7-15(2)8-10-17/h7-10,18H,4-6,11-14H2,1-3H3,(H,24,29)/t18-/m0/s1. The van der Waals surface area contributed by atoms with Crippen LogP contribution in [-0.2, 0) is 17.6 Å². The van der Waals surface area contributed by atoms with Crippen molar-refractivity contribution in [3.8, 4) is 0 Å². The number of piperidine rings is 1. The highest BCUT2D eigenvalue weighted by Gasteiger charge is 2.29. The van der Waals surface area contributed by atoms with Gasteiger partial charge in [0.25, 0.3) is 5.71 Å². The third kappa shape index (κ3) is 4.30. The van der Waals surface area contributed by atoms with Gasteiger partial charge in [-0.15, -0.1) is 0 Å². The second kappa shape index (κ2) is 8.81. The summed E-state index contributed by atoms with van der Waals surface area (Å²) in [6.07, 6.45) is 3.44. The zero-order chi connectivity index (χ0) is 21.1. The Morgan fingerprint density at radius 2 is 2.03 bits per heavy atom. The maximum absolute atomic E-state index is 12.8. The first-order chi connectivity index (χ1) is 14.5. The lowest BCUT2D eigenvalue weighted by atomic mass is 9.96. The monoisotopic (exact) mass is 407 g/mol. The lowest BCUT2D eigenvalue weighted by Gasteiger charge is -2.33. The minimum atomic E-state index is -0.0491. The van der Waals surface area contributed by atoms with Gasteiger partial charge in [0.15, 0.2) is 0 Å². The Morgan fingerprint density at radius 1 is 1.23 bits per heavy atom. The fourth-order valence-electron chi connectivity index (χ4n) is 4.08. The van der Waals surface area contributed by atoms with Crippen molar-refractivity contribution in [1.82, 2.24) is 20.4 Å². The van der Waals surface area contributed by atoms with Crippen molar-refractivity contribution in [2.75, 3.05) is 24.5 Å². The van der Waals surface area contributed by atoms with Crippen molar-refractivity contribution in [2.24, 2.45) is 5.92 Å². The number of nitrogens with zero attached hydrogens (tertiary/aromatic N) is 4. The molecule has 0 aliphatic carbocycles. The molecule has 1 aromatic carbocycles. The van der Waals surface area contributed by atoms with Gasteiger partial charge < -0.3 is 14.7 Å². The molecule has 1 saturated heterocycles. The summed E-state index contributed by atoms with van der Waals surface area (Å²) in [6, 6.07) is 8.46. The van der Waals surface area contributed by atoms with Gasteiger partial charge in [-0.25, -0.2) is 4.98 Å². The number of benzene rings is 1. The molecule has 3 aromatic rings. The molecular formula is C23H29N5O2. The Hall–Kier alpha value is -2.96. The minimum absolute atomic E-state index is 0.0491. The second-order valence-electron chi connectivity index (χ2n) is 8.07. The summed E-state index contributed by atoms with van der Waals surface area (Å²) in [5.74, 6) is 1.57. The third-order valence-corrected chi connectivity index (χ3v) is 5.76. The van der Waals surface area contributed by atoms with Crippen LogP contribution in [0.2, 0.25) is 0 Å². The van der Waals surface area contributed by atoms with Crippen LogP contribution in [0.4, 0.5) is 5.82 Å². The number of hydrogen-bond acceptors (Lipinski definition) is 6. The van der Waals surface area contributed by atoms with Crippen LogP contribution < -0.4 is 10.2 Å². The molecule has 0 saturated carbocycles. The number of amides is 1. The molecular weight excluding hydrogens is 378 g/mol. The smallest absolute Gasteiger partial charge is 0.263 e. The van der Waals surface area contributed by atoms with Gasteiger partial charge >= 0.3 is 0 Å². The number of rotatable bonds is 6. The summed E-state index contributed by atoms with van der Waals surface area (Å²) >= 11 is 0. The van der Waals surface area contributed by atoms with Crippen molar-refractivity contribution < 1.29 is 9.32 Å². The maximum atomic E-state index is 12.8. The molecule has 7 heteroatoms. The van der Waals surface area contributed by atoms with Gasteiger partial charge in [-0.3, -0.25) is 4.79 Å². The van der Waals surface area contributed by atoms with Crippen LogP contribution in [0.5, 0.6) is 0 Å². The van der Waals surface area contributed by atoms with Crippen LogP contribution >= 0.6 is 0 Å². The summed E-state index contributed by atoms with van der Waals surface area (Å²) in [5, 5.41) is 8.16. The molecule has 1 fully saturated rings. The third-order valence-electron chi connectivity index (χ3n) is 5.76. The Bertz CT molecular complexity index is 1030.